The van der Waals surface area contributed by atoms with Gasteiger partial charge in [-0.1, -0.05) is 38.7 Å². The van der Waals surface area contributed by atoms with Crippen molar-refractivity contribution in [1.29, 1.82) is 0 Å². The van der Waals surface area contributed by atoms with Gasteiger partial charge in [0, 0.05) is 24.5 Å². The Bertz CT molecular complexity index is 824. The number of H-pyrrole nitrogens is 1. The minimum Gasteiger partial charge on any atom is -0.480 e. The highest BCUT2D eigenvalue weighted by molar-refractivity contribution is 5.86. The van der Waals surface area contributed by atoms with Crippen molar-refractivity contribution in [1.82, 2.24) is 9.88 Å². The van der Waals surface area contributed by atoms with E-state index in [1.165, 1.54) is 25.3 Å². The first-order valence-corrected chi connectivity index (χ1v) is 10.2. The van der Waals surface area contributed by atoms with Gasteiger partial charge in [-0.05, 0) is 43.9 Å². The van der Waals surface area contributed by atoms with Crippen LogP contribution in [0.2, 0.25) is 0 Å². The Hall–Kier alpha value is -2.30. The van der Waals surface area contributed by atoms with E-state index in [0.717, 1.165) is 36.6 Å². The molecule has 1 N–H and O–H groups in total. The molecule has 1 atom stereocenters. The fourth-order valence-electron chi connectivity index (χ4n) is 3.91. The molecule has 1 aromatic carbocycles. The Kier molecular flexibility index (Phi) is 6.54. The summed E-state index contributed by atoms with van der Waals surface area (Å²) in [4.78, 5) is 29.5. The van der Waals surface area contributed by atoms with Gasteiger partial charge in [0.25, 0.3) is 5.91 Å². The Morgan fingerprint density at radius 3 is 2.74 bits per heavy atom. The van der Waals surface area contributed by atoms with E-state index in [0.29, 0.717) is 18.2 Å². The van der Waals surface area contributed by atoms with Crippen molar-refractivity contribution in [2.24, 2.45) is 0 Å². The average Bonchev–Trinajstić information content (AvgIpc) is 2.70. The maximum Gasteiger partial charge on any atom is 0.263 e. The van der Waals surface area contributed by atoms with Gasteiger partial charge in [0.05, 0.1) is 5.52 Å². The molecule has 146 valence electrons. The van der Waals surface area contributed by atoms with Crippen molar-refractivity contribution in [2.75, 3.05) is 7.05 Å². The lowest BCUT2D eigenvalue weighted by molar-refractivity contribution is -0.140. The van der Waals surface area contributed by atoms with Crippen molar-refractivity contribution in [2.45, 2.75) is 70.4 Å². The van der Waals surface area contributed by atoms with E-state index < -0.39 is 6.10 Å². The van der Waals surface area contributed by atoms with Gasteiger partial charge in [0.15, 0.2) is 6.10 Å². The summed E-state index contributed by atoms with van der Waals surface area (Å²) in [5.74, 6) is 0.715. The highest BCUT2D eigenvalue weighted by atomic mass is 16.5. The summed E-state index contributed by atoms with van der Waals surface area (Å²) in [5, 5.41) is 0.826. The number of fused-ring (bicyclic) bond motifs is 1. The van der Waals surface area contributed by atoms with Gasteiger partial charge in [0.2, 0.25) is 5.56 Å². The first kappa shape index (κ1) is 19.5. The van der Waals surface area contributed by atoms with Crippen LogP contribution < -0.4 is 10.3 Å². The predicted octanol–water partition coefficient (Wildman–Crippen LogP) is 4.26. The summed E-state index contributed by atoms with van der Waals surface area (Å²) in [6.45, 7) is 2.12. The molecule has 1 heterocycles. The van der Waals surface area contributed by atoms with Gasteiger partial charge in [-0.25, -0.2) is 0 Å². The summed E-state index contributed by atoms with van der Waals surface area (Å²) >= 11 is 0. The van der Waals surface area contributed by atoms with Gasteiger partial charge in [-0.15, -0.1) is 0 Å². The topological polar surface area (TPSA) is 62.4 Å². The second kappa shape index (κ2) is 9.07. The van der Waals surface area contributed by atoms with Crippen LogP contribution in [0.15, 0.2) is 35.1 Å². The van der Waals surface area contributed by atoms with Crippen LogP contribution in [0.5, 0.6) is 5.75 Å². The number of nitrogens with zero attached hydrogens (tertiary/aromatic N) is 1. The molecule has 27 heavy (non-hydrogen) atoms. The smallest absolute Gasteiger partial charge is 0.263 e. The van der Waals surface area contributed by atoms with Crippen molar-refractivity contribution < 1.29 is 9.53 Å². The largest absolute Gasteiger partial charge is 0.480 e. The third-order valence-electron chi connectivity index (χ3n) is 5.56. The number of hydrogen-bond donors (Lipinski definition) is 1. The molecular weight excluding hydrogens is 340 g/mol. The number of hydrogen-bond acceptors (Lipinski definition) is 3. The monoisotopic (exact) mass is 370 g/mol. The third-order valence-corrected chi connectivity index (χ3v) is 5.56. The first-order chi connectivity index (χ1) is 13.1. The molecular formula is C22H30N2O3. The molecule has 1 fully saturated rings. The van der Waals surface area contributed by atoms with Crippen molar-refractivity contribution >= 4 is 16.8 Å². The van der Waals surface area contributed by atoms with Gasteiger partial charge in [-0.3, -0.25) is 9.59 Å². The number of benzene rings is 1. The van der Waals surface area contributed by atoms with E-state index in [2.05, 4.69) is 11.9 Å². The predicted molar refractivity (Wildman–Crippen MR) is 108 cm³/mol. The number of amides is 1. The van der Waals surface area contributed by atoms with E-state index in [9.17, 15) is 9.59 Å². The van der Waals surface area contributed by atoms with E-state index in [1.54, 1.807) is 6.07 Å². The summed E-state index contributed by atoms with van der Waals surface area (Å²) in [6.07, 6.45) is 7.98. The van der Waals surface area contributed by atoms with Crippen molar-refractivity contribution in [3.63, 3.8) is 0 Å². The van der Waals surface area contributed by atoms with E-state index in [1.807, 2.05) is 30.1 Å². The molecule has 0 radical (unpaired) electrons. The molecule has 1 aromatic heterocycles. The average molecular weight is 370 g/mol. The molecule has 5 heteroatoms. The molecule has 1 aliphatic carbocycles. The Labute approximate surface area is 160 Å². The standard InChI is InChI=1S/C22H30N2O3/c1-3-4-12-20(22(26)24(2)16-9-6-5-7-10-16)27-19-13-8-11-18-17(19)14-15-21(25)23-18/h8,11,13-16,20H,3-7,9-10,12H2,1-2H3,(H,23,25). The molecule has 0 spiro atoms. The summed E-state index contributed by atoms with van der Waals surface area (Å²) in [5.41, 5.74) is 0.581. The zero-order valence-electron chi connectivity index (χ0n) is 16.4. The molecule has 1 unspecified atom stereocenters. The Morgan fingerprint density at radius 2 is 2.00 bits per heavy atom. The number of nitrogens with one attached hydrogen (secondary N) is 1. The first-order valence-electron chi connectivity index (χ1n) is 10.2. The zero-order valence-corrected chi connectivity index (χ0v) is 16.4. The zero-order chi connectivity index (χ0) is 19.2. The van der Waals surface area contributed by atoms with Gasteiger partial charge >= 0.3 is 0 Å². The fraction of sp³-hybridized carbons (Fsp3) is 0.545. The molecule has 0 saturated heterocycles. The molecule has 1 aliphatic rings. The highest BCUT2D eigenvalue weighted by Gasteiger charge is 2.29. The normalized spacial score (nSPS) is 16.2. The van der Waals surface area contributed by atoms with E-state index in [-0.39, 0.29) is 11.5 Å². The molecule has 5 nitrogen and oxygen atoms in total. The summed E-state index contributed by atoms with van der Waals surface area (Å²) < 4.78 is 6.23. The maximum absolute atomic E-state index is 13.2. The minimum atomic E-state index is -0.491. The van der Waals surface area contributed by atoms with Crippen molar-refractivity contribution in [3.05, 3.63) is 40.7 Å². The number of rotatable bonds is 7. The number of unbranched alkanes of at least 4 members (excludes halogenated alkanes) is 1. The number of carbonyl (C=O) groups is 1. The number of ether oxygens (including phenoxy) is 1. The second-order valence-corrected chi connectivity index (χ2v) is 7.53. The molecule has 0 bridgehead atoms. The van der Waals surface area contributed by atoms with Crippen LogP contribution in [0.3, 0.4) is 0 Å². The van der Waals surface area contributed by atoms with Gasteiger partial charge in [-0.2, -0.15) is 0 Å². The molecule has 1 saturated carbocycles. The lowest BCUT2D eigenvalue weighted by Gasteiger charge is -2.33. The minimum absolute atomic E-state index is 0.0665. The molecule has 2 aromatic rings. The van der Waals surface area contributed by atoms with E-state index in [4.69, 9.17) is 4.74 Å². The van der Waals surface area contributed by atoms with Crippen LogP contribution in [0.25, 0.3) is 10.9 Å². The molecule has 0 aliphatic heterocycles. The van der Waals surface area contributed by atoms with Crippen LogP contribution in [-0.4, -0.2) is 35.0 Å². The summed E-state index contributed by atoms with van der Waals surface area (Å²) in [6, 6.07) is 9.14. The fourth-order valence-corrected chi connectivity index (χ4v) is 3.91. The van der Waals surface area contributed by atoms with Crippen LogP contribution in [0.1, 0.15) is 58.3 Å². The van der Waals surface area contributed by atoms with Crippen LogP contribution >= 0.6 is 0 Å². The highest BCUT2D eigenvalue weighted by Crippen LogP contribution is 2.27. The maximum atomic E-state index is 13.2. The lowest BCUT2D eigenvalue weighted by Crippen LogP contribution is -2.45. The number of pyridine rings is 1. The molecule has 1 amide bonds. The number of likely N-dealkylation sites (N-methyl/N-ethyl adjacent to an activating group) is 1. The van der Waals surface area contributed by atoms with Crippen LogP contribution in [-0.2, 0) is 4.79 Å². The summed E-state index contributed by atoms with van der Waals surface area (Å²) in [7, 11) is 1.92. The SMILES string of the molecule is CCCCC(Oc1cccc2[nH]c(=O)ccc12)C(=O)N(C)C1CCCCC1. The lowest BCUT2D eigenvalue weighted by atomic mass is 9.94. The van der Waals surface area contributed by atoms with Gasteiger partial charge < -0.3 is 14.6 Å². The quantitative estimate of drug-likeness (QED) is 0.792. The number of carbonyl (C=O) groups excluding carboxylic acids is 1. The third kappa shape index (κ3) is 4.71. The molecule has 3 rings (SSSR count). The second-order valence-electron chi connectivity index (χ2n) is 7.53. The van der Waals surface area contributed by atoms with Crippen LogP contribution in [0.4, 0.5) is 0 Å². The van der Waals surface area contributed by atoms with E-state index >= 15 is 0 Å². The Morgan fingerprint density at radius 1 is 1.22 bits per heavy atom. The number of aromatic amines is 1. The number of aromatic nitrogens is 1. The Balaban J connectivity index is 1.82. The van der Waals surface area contributed by atoms with Gasteiger partial charge in [0.1, 0.15) is 5.75 Å². The van der Waals surface area contributed by atoms with Crippen molar-refractivity contribution in [3.8, 4) is 5.75 Å². The van der Waals surface area contributed by atoms with Crippen LogP contribution in [0, 0.1) is 0 Å².